The first-order chi connectivity index (χ1) is 9.82. The van der Waals surface area contributed by atoms with E-state index < -0.39 is 6.10 Å². The first-order valence-corrected chi connectivity index (χ1v) is 7.42. The van der Waals surface area contributed by atoms with Crippen molar-refractivity contribution in [1.82, 2.24) is 5.32 Å². The van der Waals surface area contributed by atoms with Crippen LogP contribution in [-0.4, -0.2) is 30.8 Å². The average Bonchev–Trinajstić information content (AvgIpc) is 3.24. The normalized spacial score (nSPS) is 22.5. The molecule has 21 heavy (non-hydrogen) atoms. The van der Waals surface area contributed by atoms with E-state index in [-0.39, 0.29) is 23.2 Å². The van der Waals surface area contributed by atoms with Crippen LogP contribution >= 0.6 is 0 Å². The summed E-state index contributed by atoms with van der Waals surface area (Å²) in [5.41, 5.74) is 0.925. The zero-order chi connectivity index (χ0) is 15.6. The largest absolute Gasteiger partial charge is 0.497 e. The zero-order valence-corrected chi connectivity index (χ0v) is 13.2. The number of nitrogens with one attached hydrogen (secondary N) is 1. The van der Waals surface area contributed by atoms with Gasteiger partial charge in [-0.1, -0.05) is 32.9 Å². The van der Waals surface area contributed by atoms with E-state index >= 15 is 0 Å². The molecule has 1 aliphatic rings. The molecule has 2 N–H and O–H groups in total. The molecule has 1 fully saturated rings. The lowest BCUT2D eigenvalue weighted by Crippen LogP contribution is -2.39. The minimum atomic E-state index is -0.532. The minimum absolute atomic E-state index is 0.0178. The fourth-order valence-electron chi connectivity index (χ4n) is 2.36. The van der Waals surface area contributed by atoms with Crippen molar-refractivity contribution in [3.63, 3.8) is 0 Å². The Bertz CT molecular complexity index is 507. The van der Waals surface area contributed by atoms with Gasteiger partial charge in [-0.15, -0.1) is 0 Å². The van der Waals surface area contributed by atoms with Gasteiger partial charge in [0.15, 0.2) is 0 Å². The number of benzene rings is 1. The molecule has 0 spiro atoms. The number of carbonyl (C=O) groups excluding carboxylic acids is 1. The quantitative estimate of drug-likeness (QED) is 0.875. The average molecular weight is 291 g/mol. The summed E-state index contributed by atoms with van der Waals surface area (Å²) in [7, 11) is 1.64. The molecule has 116 valence electrons. The lowest BCUT2D eigenvalue weighted by Gasteiger charge is -2.25. The van der Waals surface area contributed by atoms with Gasteiger partial charge in [0.2, 0.25) is 5.91 Å². The molecule has 1 amide bonds. The van der Waals surface area contributed by atoms with Gasteiger partial charge in [-0.2, -0.15) is 0 Å². The standard InChI is InChI=1S/C17H25NO3/c1-17(2,3)15(19)10-18-16(20)14-9-13(14)11-6-5-7-12(8-11)21-4/h5-8,13-15,19H,9-10H2,1-4H3,(H,18,20). The van der Waals surface area contributed by atoms with Crippen LogP contribution in [0, 0.1) is 11.3 Å². The highest BCUT2D eigenvalue weighted by Crippen LogP contribution is 2.48. The summed E-state index contributed by atoms with van der Waals surface area (Å²) in [4.78, 5) is 12.1. The number of carbonyl (C=O) groups is 1. The van der Waals surface area contributed by atoms with Crippen molar-refractivity contribution in [2.45, 2.75) is 39.2 Å². The van der Waals surface area contributed by atoms with Gasteiger partial charge >= 0.3 is 0 Å². The summed E-state index contributed by atoms with van der Waals surface area (Å²) in [6.07, 6.45) is 0.334. The van der Waals surface area contributed by atoms with Crippen LogP contribution in [0.3, 0.4) is 0 Å². The van der Waals surface area contributed by atoms with E-state index in [2.05, 4.69) is 5.32 Å². The van der Waals surface area contributed by atoms with Gasteiger partial charge in [-0.05, 0) is 35.4 Å². The van der Waals surface area contributed by atoms with E-state index in [1.54, 1.807) is 7.11 Å². The second-order valence-electron chi connectivity index (χ2n) is 6.85. The molecule has 1 aromatic rings. The van der Waals surface area contributed by atoms with Gasteiger partial charge in [0.1, 0.15) is 5.75 Å². The first-order valence-electron chi connectivity index (χ1n) is 7.42. The molecule has 3 atom stereocenters. The molecule has 0 aromatic heterocycles. The number of amides is 1. The fraction of sp³-hybridized carbons (Fsp3) is 0.588. The molecule has 0 aliphatic heterocycles. The maximum absolute atomic E-state index is 12.1. The molecule has 1 aromatic carbocycles. The maximum Gasteiger partial charge on any atom is 0.223 e. The number of aliphatic hydroxyl groups excluding tert-OH is 1. The maximum atomic E-state index is 12.1. The van der Waals surface area contributed by atoms with E-state index in [9.17, 15) is 9.90 Å². The number of hydrogen-bond donors (Lipinski definition) is 2. The van der Waals surface area contributed by atoms with Gasteiger partial charge in [-0.25, -0.2) is 0 Å². The fourth-order valence-corrected chi connectivity index (χ4v) is 2.36. The summed E-state index contributed by atoms with van der Waals surface area (Å²) >= 11 is 0. The van der Waals surface area contributed by atoms with Crippen molar-refractivity contribution >= 4 is 5.91 Å². The highest BCUT2D eigenvalue weighted by molar-refractivity contribution is 5.82. The third kappa shape index (κ3) is 3.97. The number of hydrogen-bond acceptors (Lipinski definition) is 3. The summed E-state index contributed by atoms with van der Waals surface area (Å²) in [5.74, 6) is 1.14. The summed E-state index contributed by atoms with van der Waals surface area (Å²) in [6.45, 7) is 6.18. The van der Waals surface area contributed by atoms with Gasteiger partial charge in [0.05, 0.1) is 13.2 Å². The first kappa shape index (κ1) is 15.8. The third-order valence-electron chi connectivity index (χ3n) is 4.12. The second-order valence-corrected chi connectivity index (χ2v) is 6.85. The SMILES string of the molecule is COc1cccc(C2CC2C(=O)NCC(O)C(C)(C)C)c1. The molecular formula is C17H25NO3. The van der Waals surface area contributed by atoms with Crippen molar-refractivity contribution < 1.29 is 14.6 Å². The van der Waals surface area contributed by atoms with E-state index in [1.807, 2.05) is 45.0 Å². The van der Waals surface area contributed by atoms with Crippen LogP contribution < -0.4 is 10.1 Å². The summed E-state index contributed by atoms with van der Waals surface area (Å²) in [5, 5.41) is 12.8. The van der Waals surface area contributed by atoms with E-state index in [0.717, 1.165) is 17.7 Å². The summed E-state index contributed by atoms with van der Waals surface area (Å²) < 4.78 is 5.21. The Hall–Kier alpha value is -1.55. The molecule has 0 bridgehead atoms. The van der Waals surface area contributed by atoms with E-state index in [1.165, 1.54) is 0 Å². The monoisotopic (exact) mass is 291 g/mol. The van der Waals surface area contributed by atoms with Crippen molar-refractivity contribution in [1.29, 1.82) is 0 Å². The molecule has 0 heterocycles. The summed E-state index contributed by atoms with van der Waals surface area (Å²) in [6, 6.07) is 7.87. The lowest BCUT2D eigenvalue weighted by molar-refractivity contribution is -0.123. The Labute approximate surface area is 126 Å². The zero-order valence-electron chi connectivity index (χ0n) is 13.2. The van der Waals surface area contributed by atoms with Crippen molar-refractivity contribution in [3.05, 3.63) is 29.8 Å². The van der Waals surface area contributed by atoms with Gasteiger partial charge in [-0.3, -0.25) is 4.79 Å². The molecule has 1 saturated carbocycles. The second kappa shape index (κ2) is 6.06. The topological polar surface area (TPSA) is 58.6 Å². The molecule has 4 nitrogen and oxygen atoms in total. The molecule has 2 rings (SSSR count). The van der Waals surface area contributed by atoms with Crippen molar-refractivity contribution in [2.24, 2.45) is 11.3 Å². The third-order valence-corrected chi connectivity index (χ3v) is 4.12. The van der Waals surface area contributed by atoms with Crippen LogP contribution in [0.4, 0.5) is 0 Å². The number of aliphatic hydroxyl groups is 1. The predicted octanol–water partition coefficient (Wildman–Crippen LogP) is 2.32. The molecule has 1 aliphatic carbocycles. The number of ether oxygens (including phenoxy) is 1. The Balaban J connectivity index is 1.86. The van der Waals surface area contributed by atoms with Crippen LogP contribution in [0.25, 0.3) is 0 Å². The Kier molecular flexibility index (Phi) is 4.57. The molecule has 4 heteroatoms. The number of methoxy groups -OCH3 is 1. The smallest absolute Gasteiger partial charge is 0.223 e. The molecular weight excluding hydrogens is 266 g/mol. The highest BCUT2D eigenvalue weighted by atomic mass is 16.5. The Morgan fingerprint density at radius 2 is 2.19 bits per heavy atom. The van der Waals surface area contributed by atoms with Crippen LogP contribution in [0.15, 0.2) is 24.3 Å². The van der Waals surface area contributed by atoms with Crippen molar-refractivity contribution in [2.75, 3.05) is 13.7 Å². The van der Waals surface area contributed by atoms with Gasteiger partial charge in [0.25, 0.3) is 0 Å². The van der Waals surface area contributed by atoms with Crippen LogP contribution in [-0.2, 0) is 4.79 Å². The lowest BCUT2D eigenvalue weighted by atomic mass is 9.89. The molecule has 3 unspecified atom stereocenters. The molecule has 0 radical (unpaired) electrons. The Morgan fingerprint density at radius 3 is 2.81 bits per heavy atom. The van der Waals surface area contributed by atoms with Gasteiger partial charge in [0, 0.05) is 12.5 Å². The Morgan fingerprint density at radius 1 is 1.48 bits per heavy atom. The van der Waals surface area contributed by atoms with Crippen LogP contribution in [0.1, 0.15) is 38.7 Å². The number of rotatable bonds is 5. The van der Waals surface area contributed by atoms with E-state index in [0.29, 0.717) is 6.54 Å². The molecule has 0 saturated heterocycles. The van der Waals surface area contributed by atoms with Crippen LogP contribution in [0.2, 0.25) is 0 Å². The highest BCUT2D eigenvalue weighted by Gasteiger charge is 2.44. The van der Waals surface area contributed by atoms with E-state index in [4.69, 9.17) is 4.74 Å². The minimum Gasteiger partial charge on any atom is -0.497 e. The van der Waals surface area contributed by atoms with Crippen LogP contribution in [0.5, 0.6) is 5.75 Å². The van der Waals surface area contributed by atoms with Crippen molar-refractivity contribution in [3.8, 4) is 5.75 Å². The van der Waals surface area contributed by atoms with Gasteiger partial charge < -0.3 is 15.2 Å². The predicted molar refractivity (Wildman–Crippen MR) is 82.3 cm³/mol.